The molecule has 0 bridgehead atoms. The first-order chi connectivity index (χ1) is 12.5. The monoisotopic (exact) mass is 375 g/mol. The van der Waals surface area contributed by atoms with Crippen LogP contribution in [0.3, 0.4) is 0 Å². The first-order valence-corrected chi connectivity index (χ1v) is 9.77. The summed E-state index contributed by atoms with van der Waals surface area (Å²) < 4.78 is 11.1. The van der Waals surface area contributed by atoms with Gasteiger partial charge in [0.15, 0.2) is 11.5 Å². The average molecular weight is 375 g/mol. The number of likely N-dealkylation sites (tertiary alicyclic amines) is 1. The van der Waals surface area contributed by atoms with E-state index in [0.29, 0.717) is 24.5 Å². The van der Waals surface area contributed by atoms with E-state index < -0.39 is 12.0 Å². The summed E-state index contributed by atoms with van der Waals surface area (Å²) in [6, 6.07) is 7.50. The number of methoxy groups -OCH3 is 1. The van der Waals surface area contributed by atoms with E-state index in [4.69, 9.17) is 9.47 Å². The number of thiophene rings is 1. The molecule has 1 N–H and O–H groups in total. The number of aryl methyl sites for hydroxylation is 1. The number of ether oxygens (including phenoxy) is 2. The topological polar surface area (TPSA) is 59.0 Å². The van der Waals surface area contributed by atoms with Gasteiger partial charge in [-0.05, 0) is 61.4 Å². The molecule has 5 nitrogen and oxygen atoms in total. The Labute approximate surface area is 158 Å². The summed E-state index contributed by atoms with van der Waals surface area (Å²) in [4.78, 5) is 15.0. The molecule has 0 amide bonds. The lowest BCUT2D eigenvalue weighted by Gasteiger charge is -2.31. The van der Waals surface area contributed by atoms with Crippen molar-refractivity contribution < 1.29 is 19.4 Å². The van der Waals surface area contributed by atoms with Crippen LogP contribution in [0.2, 0.25) is 0 Å². The predicted octanol–water partition coefficient (Wildman–Crippen LogP) is 4.10. The van der Waals surface area contributed by atoms with Gasteiger partial charge in [0.1, 0.15) is 6.04 Å². The van der Waals surface area contributed by atoms with Crippen LogP contribution in [0.4, 0.5) is 0 Å². The summed E-state index contributed by atoms with van der Waals surface area (Å²) in [5.41, 5.74) is 2.23. The van der Waals surface area contributed by atoms with Gasteiger partial charge in [-0.25, -0.2) is 0 Å². The van der Waals surface area contributed by atoms with E-state index >= 15 is 0 Å². The zero-order chi connectivity index (χ0) is 18.7. The Morgan fingerprint density at radius 3 is 2.81 bits per heavy atom. The smallest absolute Gasteiger partial charge is 0.320 e. The summed E-state index contributed by atoms with van der Waals surface area (Å²) in [6.07, 6.45) is 1.58. The maximum absolute atomic E-state index is 11.8. The maximum Gasteiger partial charge on any atom is 0.320 e. The Morgan fingerprint density at radius 2 is 2.19 bits per heavy atom. The van der Waals surface area contributed by atoms with Crippen LogP contribution in [-0.4, -0.2) is 42.3 Å². The van der Waals surface area contributed by atoms with Gasteiger partial charge in [0.05, 0.1) is 19.8 Å². The van der Waals surface area contributed by atoms with Gasteiger partial charge in [-0.15, -0.1) is 11.3 Å². The molecule has 1 aromatic heterocycles. The Hall–Kier alpha value is -2.05. The Kier molecular flexibility index (Phi) is 5.84. The first kappa shape index (κ1) is 18.7. The molecule has 1 saturated heterocycles. The number of carbonyl (C=O) groups is 1. The lowest BCUT2D eigenvalue weighted by atomic mass is 10.0. The molecule has 2 unspecified atom stereocenters. The molecule has 0 radical (unpaired) electrons. The van der Waals surface area contributed by atoms with Crippen molar-refractivity contribution in [2.45, 2.75) is 38.8 Å². The lowest BCUT2D eigenvalue weighted by molar-refractivity contribution is -0.142. The van der Waals surface area contributed by atoms with Crippen molar-refractivity contribution >= 4 is 17.3 Å². The van der Waals surface area contributed by atoms with Crippen LogP contribution < -0.4 is 9.47 Å². The fourth-order valence-electron chi connectivity index (χ4n) is 3.61. The Morgan fingerprint density at radius 1 is 1.38 bits per heavy atom. The van der Waals surface area contributed by atoms with Crippen molar-refractivity contribution in [1.29, 1.82) is 0 Å². The van der Waals surface area contributed by atoms with E-state index in [0.717, 1.165) is 23.4 Å². The molecule has 1 aromatic carbocycles. The van der Waals surface area contributed by atoms with Gasteiger partial charge in [0, 0.05) is 11.4 Å². The molecule has 0 saturated carbocycles. The first-order valence-electron chi connectivity index (χ1n) is 8.89. The number of aliphatic carboxylic acids is 1. The van der Waals surface area contributed by atoms with Crippen LogP contribution in [0.25, 0.3) is 0 Å². The molecule has 1 aliphatic rings. The Balaban J connectivity index is 2.06. The number of carboxylic acids is 1. The van der Waals surface area contributed by atoms with E-state index in [2.05, 4.69) is 23.3 Å². The summed E-state index contributed by atoms with van der Waals surface area (Å²) in [5, 5.41) is 11.8. The molecule has 2 aromatic rings. The molecular weight excluding hydrogens is 350 g/mol. The minimum absolute atomic E-state index is 0.0950. The van der Waals surface area contributed by atoms with Crippen molar-refractivity contribution in [2.24, 2.45) is 0 Å². The fraction of sp³-hybridized carbons (Fsp3) is 0.450. The van der Waals surface area contributed by atoms with E-state index in [1.54, 1.807) is 18.4 Å². The zero-order valence-corrected chi connectivity index (χ0v) is 16.2. The van der Waals surface area contributed by atoms with E-state index in [1.807, 2.05) is 25.1 Å². The standard InChI is InChI=1S/C20H25NO4S/c1-4-25-17-11-14(7-8-16(17)24-3)19(18-10-13(2)12-26-18)21-9-5-6-15(21)20(22)23/h7-8,10-12,15,19H,4-6,9H2,1-3H3,(H,22,23). The minimum Gasteiger partial charge on any atom is -0.493 e. The molecule has 2 atom stereocenters. The summed E-state index contributed by atoms with van der Waals surface area (Å²) in [7, 11) is 1.62. The second-order valence-electron chi connectivity index (χ2n) is 6.51. The van der Waals surface area contributed by atoms with Gasteiger partial charge in [0.25, 0.3) is 0 Å². The molecule has 0 spiro atoms. The maximum atomic E-state index is 11.8. The van der Waals surface area contributed by atoms with E-state index in [9.17, 15) is 9.90 Å². The summed E-state index contributed by atoms with van der Waals surface area (Å²) >= 11 is 1.68. The molecule has 2 heterocycles. The molecule has 26 heavy (non-hydrogen) atoms. The number of carboxylic acid groups (broad SMARTS) is 1. The van der Waals surface area contributed by atoms with Gasteiger partial charge in [-0.3, -0.25) is 9.69 Å². The highest BCUT2D eigenvalue weighted by molar-refractivity contribution is 7.10. The zero-order valence-electron chi connectivity index (χ0n) is 15.4. The number of nitrogens with zero attached hydrogens (tertiary/aromatic N) is 1. The van der Waals surface area contributed by atoms with Crippen LogP contribution in [0, 0.1) is 6.92 Å². The van der Waals surface area contributed by atoms with Crippen molar-refractivity contribution in [1.82, 2.24) is 4.90 Å². The third-order valence-electron chi connectivity index (χ3n) is 4.73. The second-order valence-corrected chi connectivity index (χ2v) is 7.45. The van der Waals surface area contributed by atoms with Gasteiger partial charge in [0.2, 0.25) is 0 Å². The fourth-order valence-corrected chi connectivity index (χ4v) is 4.66. The lowest BCUT2D eigenvalue weighted by Crippen LogP contribution is -2.39. The van der Waals surface area contributed by atoms with Gasteiger partial charge >= 0.3 is 5.97 Å². The van der Waals surface area contributed by atoms with Crippen LogP contribution in [0.5, 0.6) is 11.5 Å². The molecule has 3 rings (SSSR count). The van der Waals surface area contributed by atoms with Crippen molar-refractivity contribution in [2.75, 3.05) is 20.3 Å². The minimum atomic E-state index is -0.751. The summed E-state index contributed by atoms with van der Waals surface area (Å²) in [6.45, 7) is 5.32. The summed E-state index contributed by atoms with van der Waals surface area (Å²) in [5.74, 6) is 0.629. The van der Waals surface area contributed by atoms with Crippen LogP contribution in [0.1, 0.15) is 41.8 Å². The van der Waals surface area contributed by atoms with Crippen LogP contribution in [0.15, 0.2) is 29.6 Å². The largest absolute Gasteiger partial charge is 0.493 e. The average Bonchev–Trinajstić information content (AvgIpc) is 3.26. The van der Waals surface area contributed by atoms with Crippen molar-refractivity contribution in [3.63, 3.8) is 0 Å². The van der Waals surface area contributed by atoms with Crippen LogP contribution >= 0.6 is 11.3 Å². The highest BCUT2D eigenvalue weighted by atomic mass is 32.1. The van der Waals surface area contributed by atoms with E-state index in [-0.39, 0.29) is 6.04 Å². The molecule has 0 aliphatic carbocycles. The molecule has 6 heteroatoms. The quantitative estimate of drug-likeness (QED) is 0.789. The second kappa shape index (κ2) is 8.10. The number of hydrogen-bond acceptors (Lipinski definition) is 5. The van der Waals surface area contributed by atoms with Gasteiger partial charge in [-0.1, -0.05) is 6.07 Å². The highest BCUT2D eigenvalue weighted by Crippen LogP contribution is 2.40. The third-order valence-corrected chi connectivity index (χ3v) is 5.84. The SMILES string of the molecule is CCOc1cc(C(c2cc(C)cs2)N2CCCC2C(=O)O)ccc1OC. The Bertz CT molecular complexity index is 773. The molecule has 140 valence electrons. The number of hydrogen-bond donors (Lipinski definition) is 1. The normalized spacial score (nSPS) is 18.7. The molecular formula is C20H25NO4S. The van der Waals surface area contributed by atoms with Crippen molar-refractivity contribution in [3.05, 3.63) is 45.6 Å². The molecule has 1 fully saturated rings. The molecule has 1 aliphatic heterocycles. The highest BCUT2D eigenvalue weighted by Gasteiger charge is 2.37. The predicted molar refractivity (Wildman–Crippen MR) is 102 cm³/mol. The number of rotatable bonds is 7. The van der Waals surface area contributed by atoms with Gasteiger partial charge in [-0.2, -0.15) is 0 Å². The third kappa shape index (κ3) is 3.71. The van der Waals surface area contributed by atoms with Gasteiger partial charge < -0.3 is 14.6 Å². The number of benzene rings is 1. The van der Waals surface area contributed by atoms with Crippen LogP contribution in [-0.2, 0) is 4.79 Å². The van der Waals surface area contributed by atoms with E-state index in [1.165, 1.54) is 5.56 Å². The van der Waals surface area contributed by atoms with Crippen molar-refractivity contribution in [3.8, 4) is 11.5 Å².